The molecule has 5 nitrogen and oxygen atoms in total. The number of carbonyl (C=O) groups excluding carboxylic acids is 1. The Kier molecular flexibility index (Phi) is 4.17. The molecule has 3 aromatic heterocycles. The summed E-state index contributed by atoms with van der Waals surface area (Å²) in [6.07, 6.45) is 2.47. The number of hydrogen-bond acceptors (Lipinski definition) is 5. The molecule has 0 bridgehead atoms. The molecule has 3 rings (SSSR count). The molecule has 6 heteroatoms. The van der Waals surface area contributed by atoms with Crippen molar-refractivity contribution in [2.75, 3.05) is 0 Å². The van der Waals surface area contributed by atoms with Crippen molar-refractivity contribution < 1.29 is 9.21 Å². The Morgan fingerprint density at radius 1 is 1.33 bits per heavy atom. The first-order valence-corrected chi connectivity index (χ1v) is 8.78. The second kappa shape index (κ2) is 6.02. The van der Waals surface area contributed by atoms with Crippen LogP contribution in [0.15, 0.2) is 22.8 Å². The van der Waals surface area contributed by atoms with E-state index in [4.69, 9.17) is 4.42 Å². The van der Waals surface area contributed by atoms with Crippen molar-refractivity contribution in [1.82, 2.24) is 15.3 Å². The minimum atomic E-state index is -0.236. The SMILES string of the molecule is CCC(C)(C)NC(=O)c1sc2nc(-c3ccco3)nc(C)c2c1C. The van der Waals surface area contributed by atoms with Crippen LogP contribution in [-0.4, -0.2) is 21.4 Å². The summed E-state index contributed by atoms with van der Waals surface area (Å²) in [5.41, 5.74) is 1.55. The van der Waals surface area contributed by atoms with Crippen molar-refractivity contribution in [2.24, 2.45) is 0 Å². The van der Waals surface area contributed by atoms with Crippen molar-refractivity contribution in [2.45, 2.75) is 46.6 Å². The Balaban J connectivity index is 2.07. The van der Waals surface area contributed by atoms with E-state index in [0.29, 0.717) is 16.5 Å². The van der Waals surface area contributed by atoms with Crippen molar-refractivity contribution in [1.29, 1.82) is 0 Å². The number of thiophene rings is 1. The maximum atomic E-state index is 12.7. The van der Waals surface area contributed by atoms with E-state index in [9.17, 15) is 4.79 Å². The monoisotopic (exact) mass is 343 g/mol. The molecule has 3 aromatic rings. The molecule has 0 saturated heterocycles. The predicted molar refractivity (Wildman–Crippen MR) is 96.4 cm³/mol. The molecule has 0 aliphatic carbocycles. The number of rotatable bonds is 4. The molecule has 0 spiro atoms. The van der Waals surface area contributed by atoms with E-state index in [1.165, 1.54) is 11.3 Å². The van der Waals surface area contributed by atoms with Crippen molar-refractivity contribution in [3.8, 4) is 11.6 Å². The zero-order valence-corrected chi connectivity index (χ0v) is 15.4. The highest BCUT2D eigenvalue weighted by atomic mass is 32.1. The average Bonchev–Trinajstić information content (AvgIpc) is 3.15. The fourth-order valence-corrected chi connectivity index (χ4v) is 3.65. The van der Waals surface area contributed by atoms with E-state index in [1.54, 1.807) is 6.26 Å². The molecule has 3 heterocycles. The van der Waals surface area contributed by atoms with Gasteiger partial charge >= 0.3 is 0 Å². The Labute approximate surface area is 145 Å². The lowest BCUT2D eigenvalue weighted by atomic mass is 10.0. The van der Waals surface area contributed by atoms with E-state index < -0.39 is 0 Å². The average molecular weight is 343 g/mol. The third-order valence-corrected chi connectivity index (χ3v) is 5.44. The van der Waals surface area contributed by atoms with Crippen LogP contribution in [0.25, 0.3) is 21.8 Å². The van der Waals surface area contributed by atoms with Crippen molar-refractivity contribution in [3.05, 3.63) is 34.5 Å². The fourth-order valence-electron chi connectivity index (χ4n) is 2.52. The number of carbonyl (C=O) groups is 1. The highest BCUT2D eigenvalue weighted by molar-refractivity contribution is 7.20. The third kappa shape index (κ3) is 2.94. The standard InChI is InChI=1S/C18H21N3O2S/c1-6-18(4,5)21-16(22)14-10(2)13-11(3)19-15(20-17(13)24-14)12-8-7-9-23-12/h7-9H,6H2,1-5H3,(H,21,22). The number of amides is 1. The predicted octanol–water partition coefficient (Wildman–Crippen LogP) is 4.49. The van der Waals surface area contributed by atoms with Gasteiger partial charge in [-0.25, -0.2) is 9.97 Å². The minimum Gasteiger partial charge on any atom is -0.461 e. The van der Waals surface area contributed by atoms with Gasteiger partial charge in [-0.05, 0) is 51.8 Å². The summed E-state index contributed by atoms with van der Waals surface area (Å²) in [5, 5.41) is 4.04. The molecule has 24 heavy (non-hydrogen) atoms. The summed E-state index contributed by atoms with van der Waals surface area (Å²) in [5.74, 6) is 1.12. The van der Waals surface area contributed by atoms with E-state index >= 15 is 0 Å². The van der Waals surface area contributed by atoms with E-state index in [0.717, 1.165) is 27.9 Å². The molecule has 126 valence electrons. The lowest BCUT2D eigenvalue weighted by molar-refractivity contribution is 0.0915. The Bertz CT molecular complexity index is 895. The van der Waals surface area contributed by atoms with Gasteiger partial charge in [-0.2, -0.15) is 0 Å². The zero-order valence-electron chi connectivity index (χ0n) is 14.6. The number of nitrogens with zero attached hydrogens (tertiary/aromatic N) is 2. The number of nitrogens with one attached hydrogen (secondary N) is 1. The van der Waals surface area contributed by atoms with Gasteiger partial charge in [0.2, 0.25) is 0 Å². The van der Waals surface area contributed by atoms with Crippen LogP contribution in [0.3, 0.4) is 0 Å². The first-order chi connectivity index (χ1) is 11.3. The molecular weight excluding hydrogens is 322 g/mol. The smallest absolute Gasteiger partial charge is 0.262 e. The van der Waals surface area contributed by atoms with E-state index in [-0.39, 0.29) is 11.4 Å². The van der Waals surface area contributed by atoms with Gasteiger partial charge in [0.25, 0.3) is 5.91 Å². The second-order valence-corrected chi connectivity index (χ2v) is 7.54. The van der Waals surface area contributed by atoms with Gasteiger partial charge in [0.05, 0.1) is 16.8 Å². The van der Waals surface area contributed by atoms with Crippen LogP contribution in [0.4, 0.5) is 0 Å². The summed E-state index contributed by atoms with van der Waals surface area (Å²) < 4.78 is 5.39. The summed E-state index contributed by atoms with van der Waals surface area (Å²) in [6.45, 7) is 9.99. The molecule has 0 aromatic carbocycles. The van der Waals surface area contributed by atoms with Gasteiger partial charge in [-0.1, -0.05) is 6.92 Å². The minimum absolute atomic E-state index is 0.0544. The topological polar surface area (TPSA) is 68.0 Å². The maximum absolute atomic E-state index is 12.7. The highest BCUT2D eigenvalue weighted by Gasteiger charge is 2.24. The lowest BCUT2D eigenvalue weighted by Gasteiger charge is -2.24. The molecular formula is C18H21N3O2S. The third-order valence-electron chi connectivity index (χ3n) is 4.25. The van der Waals surface area contributed by atoms with Crippen LogP contribution in [0.1, 0.15) is 48.1 Å². The number of furan rings is 1. The van der Waals surface area contributed by atoms with Crippen LogP contribution >= 0.6 is 11.3 Å². The Hall–Kier alpha value is -2.21. The number of fused-ring (bicyclic) bond motifs is 1. The van der Waals surface area contributed by atoms with Crippen LogP contribution in [-0.2, 0) is 0 Å². The van der Waals surface area contributed by atoms with Gasteiger partial charge in [0.15, 0.2) is 11.6 Å². The van der Waals surface area contributed by atoms with E-state index in [2.05, 4.69) is 22.2 Å². The molecule has 0 radical (unpaired) electrons. The van der Waals surface area contributed by atoms with Gasteiger partial charge < -0.3 is 9.73 Å². The van der Waals surface area contributed by atoms with Crippen molar-refractivity contribution in [3.63, 3.8) is 0 Å². The first-order valence-electron chi connectivity index (χ1n) is 7.96. The van der Waals surface area contributed by atoms with Crippen LogP contribution in [0, 0.1) is 13.8 Å². The Morgan fingerprint density at radius 3 is 2.71 bits per heavy atom. The molecule has 0 aliphatic heterocycles. The molecule has 0 aliphatic rings. The fraction of sp³-hybridized carbons (Fsp3) is 0.389. The van der Waals surface area contributed by atoms with E-state index in [1.807, 2.05) is 39.8 Å². The number of hydrogen-bond donors (Lipinski definition) is 1. The van der Waals surface area contributed by atoms with Gasteiger partial charge in [-0.15, -0.1) is 11.3 Å². The molecule has 0 unspecified atom stereocenters. The molecule has 0 fully saturated rings. The zero-order chi connectivity index (χ0) is 17.5. The summed E-state index contributed by atoms with van der Waals surface area (Å²) in [6, 6.07) is 3.64. The largest absolute Gasteiger partial charge is 0.461 e. The lowest BCUT2D eigenvalue weighted by Crippen LogP contribution is -2.42. The number of aromatic nitrogens is 2. The Morgan fingerprint density at radius 2 is 2.08 bits per heavy atom. The molecule has 1 N–H and O–H groups in total. The summed E-state index contributed by atoms with van der Waals surface area (Å²) >= 11 is 1.40. The second-order valence-electron chi connectivity index (χ2n) is 6.54. The van der Waals surface area contributed by atoms with Gasteiger partial charge in [0, 0.05) is 10.9 Å². The molecule has 0 atom stereocenters. The first kappa shape index (κ1) is 16.6. The quantitative estimate of drug-likeness (QED) is 0.758. The van der Waals surface area contributed by atoms with Gasteiger partial charge in [-0.3, -0.25) is 4.79 Å². The van der Waals surface area contributed by atoms with Crippen LogP contribution < -0.4 is 5.32 Å². The van der Waals surface area contributed by atoms with Crippen LogP contribution in [0.5, 0.6) is 0 Å². The molecule has 1 amide bonds. The normalized spacial score (nSPS) is 11.9. The maximum Gasteiger partial charge on any atom is 0.262 e. The number of aryl methyl sites for hydroxylation is 2. The van der Waals surface area contributed by atoms with Crippen LogP contribution in [0.2, 0.25) is 0 Å². The van der Waals surface area contributed by atoms with Crippen molar-refractivity contribution >= 4 is 27.5 Å². The summed E-state index contributed by atoms with van der Waals surface area (Å²) in [4.78, 5) is 23.3. The highest BCUT2D eigenvalue weighted by Crippen LogP contribution is 2.33. The summed E-state index contributed by atoms with van der Waals surface area (Å²) in [7, 11) is 0. The molecule has 0 saturated carbocycles. The van der Waals surface area contributed by atoms with Gasteiger partial charge in [0.1, 0.15) is 4.83 Å².